The second-order valence-corrected chi connectivity index (χ2v) is 4.84. The van der Waals surface area contributed by atoms with Gasteiger partial charge in [-0.25, -0.2) is 4.39 Å². The molecule has 0 fully saturated rings. The van der Waals surface area contributed by atoms with E-state index in [0.717, 1.165) is 17.7 Å². The van der Waals surface area contributed by atoms with Crippen LogP contribution in [0.1, 0.15) is 30.4 Å². The van der Waals surface area contributed by atoms with Crippen molar-refractivity contribution in [1.29, 1.82) is 5.26 Å². The minimum absolute atomic E-state index is 0.315. The standard InChI is InChI=1S/C18H18FNO/c1-2-14-6-3-4-9-18(14)21-11-10-16(13-20)15-7-5-8-17(19)12-15/h3-9,12,16H,2,10-11H2,1H3. The van der Waals surface area contributed by atoms with Gasteiger partial charge in [-0.15, -0.1) is 0 Å². The summed E-state index contributed by atoms with van der Waals surface area (Å²) >= 11 is 0. The van der Waals surface area contributed by atoms with E-state index in [2.05, 4.69) is 13.0 Å². The van der Waals surface area contributed by atoms with Crippen LogP contribution in [-0.2, 0) is 6.42 Å². The molecule has 0 saturated heterocycles. The number of hydrogen-bond donors (Lipinski definition) is 0. The van der Waals surface area contributed by atoms with Crippen molar-refractivity contribution >= 4 is 0 Å². The smallest absolute Gasteiger partial charge is 0.123 e. The Hall–Kier alpha value is -2.34. The Kier molecular flexibility index (Phi) is 5.34. The highest BCUT2D eigenvalue weighted by Gasteiger charge is 2.12. The van der Waals surface area contributed by atoms with E-state index in [9.17, 15) is 9.65 Å². The number of benzene rings is 2. The maximum absolute atomic E-state index is 13.2. The summed E-state index contributed by atoms with van der Waals surface area (Å²) in [5.74, 6) is 0.190. The quantitative estimate of drug-likeness (QED) is 0.784. The van der Waals surface area contributed by atoms with Crippen LogP contribution in [0.3, 0.4) is 0 Å². The van der Waals surface area contributed by atoms with Gasteiger partial charge >= 0.3 is 0 Å². The van der Waals surface area contributed by atoms with Crippen molar-refractivity contribution in [3.8, 4) is 11.8 Å². The molecule has 0 aliphatic carbocycles. The molecule has 0 aliphatic heterocycles. The van der Waals surface area contributed by atoms with Gasteiger partial charge in [0.15, 0.2) is 0 Å². The van der Waals surface area contributed by atoms with E-state index in [1.807, 2.05) is 24.3 Å². The SMILES string of the molecule is CCc1ccccc1OCCC(C#N)c1cccc(F)c1. The zero-order chi connectivity index (χ0) is 15.1. The molecule has 0 spiro atoms. The van der Waals surface area contributed by atoms with Gasteiger partial charge in [0.25, 0.3) is 0 Å². The fraction of sp³-hybridized carbons (Fsp3) is 0.278. The molecule has 21 heavy (non-hydrogen) atoms. The van der Waals surface area contributed by atoms with E-state index in [4.69, 9.17) is 4.74 Å². The summed E-state index contributed by atoms with van der Waals surface area (Å²) in [7, 11) is 0. The van der Waals surface area contributed by atoms with E-state index in [1.165, 1.54) is 12.1 Å². The molecule has 2 aromatic rings. The van der Waals surface area contributed by atoms with Crippen molar-refractivity contribution in [3.05, 3.63) is 65.5 Å². The Labute approximate surface area is 124 Å². The summed E-state index contributed by atoms with van der Waals surface area (Å²) in [4.78, 5) is 0. The predicted molar refractivity (Wildman–Crippen MR) is 80.7 cm³/mol. The third kappa shape index (κ3) is 4.06. The first-order valence-corrected chi connectivity index (χ1v) is 7.10. The normalized spacial score (nSPS) is 11.7. The number of para-hydroxylation sites is 1. The summed E-state index contributed by atoms with van der Waals surface area (Å²) < 4.78 is 19.0. The molecule has 0 aliphatic rings. The van der Waals surface area contributed by atoms with Gasteiger partial charge < -0.3 is 4.74 Å². The highest BCUT2D eigenvalue weighted by molar-refractivity contribution is 5.33. The van der Waals surface area contributed by atoms with Gasteiger partial charge in [-0.1, -0.05) is 37.3 Å². The molecule has 2 nitrogen and oxygen atoms in total. The molecule has 0 N–H and O–H groups in total. The molecule has 1 atom stereocenters. The van der Waals surface area contributed by atoms with E-state index in [0.29, 0.717) is 18.6 Å². The van der Waals surface area contributed by atoms with Crippen molar-refractivity contribution < 1.29 is 9.13 Å². The number of ether oxygens (including phenoxy) is 1. The highest BCUT2D eigenvalue weighted by atomic mass is 19.1. The molecule has 0 heterocycles. The summed E-state index contributed by atoms with van der Waals surface area (Å²) in [5, 5.41) is 9.24. The highest BCUT2D eigenvalue weighted by Crippen LogP contribution is 2.22. The first kappa shape index (κ1) is 15.1. The molecule has 0 saturated carbocycles. The van der Waals surface area contributed by atoms with Crippen LogP contribution in [0, 0.1) is 17.1 Å². The lowest BCUT2D eigenvalue weighted by molar-refractivity contribution is 0.303. The van der Waals surface area contributed by atoms with E-state index >= 15 is 0 Å². The maximum atomic E-state index is 13.2. The molecule has 0 bridgehead atoms. The minimum Gasteiger partial charge on any atom is -0.493 e. The number of nitriles is 1. The van der Waals surface area contributed by atoms with E-state index in [1.54, 1.807) is 12.1 Å². The van der Waals surface area contributed by atoms with Crippen molar-refractivity contribution in [3.63, 3.8) is 0 Å². The molecular formula is C18H18FNO. The summed E-state index contributed by atoms with van der Waals surface area (Å²) in [6, 6.07) is 16.3. The Morgan fingerprint density at radius 3 is 2.71 bits per heavy atom. The van der Waals surface area contributed by atoms with E-state index in [-0.39, 0.29) is 11.7 Å². The molecule has 108 valence electrons. The topological polar surface area (TPSA) is 33.0 Å². The first-order chi connectivity index (χ1) is 10.2. The molecule has 1 unspecified atom stereocenters. The summed E-state index contributed by atoms with van der Waals surface area (Å²) in [6.07, 6.45) is 1.44. The van der Waals surface area contributed by atoms with Crippen LogP contribution in [0.4, 0.5) is 4.39 Å². The van der Waals surface area contributed by atoms with Gasteiger partial charge in [-0.05, 0) is 35.7 Å². The van der Waals surface area contributed by atoms with Crippen LogP contribution < -0.4 is 4.74 Å². The lowest BCUT2D eigenvalue weighted by atomic mass is 9.97. The molecule has 0 radical (unpaired) electrons. The van der Waals surface area contributed by atoms with Crippen molar-refractivity contribution in [2.45, 2.75) is 25.7 Å². The zero-order valence-corrected chi connectivity index (χ0v) is 12.1. The number of aryl methyl sites for hydroxylation is 1. The van der Waals surface area contributed by atoms with Crippen molar-refractivity contribution in [2.24, 2.45) is 0 Å². The van der Waals surface area contributed by atoms with Gasteiger partial charge in [0, 0.05) is 6.42 Å². The predicted octanol–water partition coefficient (Wildman–Crippen LogP) is 4.46. The van der Waals surface area contributed by atoms with Gasteiger partial charge in [-0.2, -0.15) is 5.26 Å². The lowest BCUT2D eigenvalue weighted by Crippen LogP contribution is -2.06. The number of halogens is 1. The maximum Gasteiger partial charge on any atom is 0.123 e. The van der Waals surface area contributed by atoms with Gasteiger partial charge in [0.1, 0.15) is 11.6 Å². The van der Waals surface area contributed by atoms with Crippen molar-refractivity contribution in [2.75, 3.05) is 6.61 Å². The number of hydrogen-bond acceptors (Lipinski definition) is 2. The average Bonchev–Trinajstić information content (AvgIpc) is 2.52. The van der Waals surface area contributed by atoms with E-state index < -0.39 is 0 Å². The zero-order valence-electron chi connectivity index (χ0n) is 12.1. The second kappa shape index (κ2) is 7.44. The fourth-order valence-electron chi connectivity index (χ4n) is 2.25. The molecule has 2 rings (SSSR count). The van der Waals surface area contributed by atoms with Crippen LogP contribution in [0.5, 0.6) is 5.75 Å². The number of nitrogens with zero attached hydrogens (tertiary/aromatic N) is 1. The van der Waals surface area contributed by atoms with Gasteiger partial charge in [-0.3, -0.25) is 0 Å². The Morgan fingerprint density at radius 2 is 2.00 bits per heavy atom. The van der Waals surface area contributed by atoms with Crippen LogP contribution in [0.2, 0.25) is 0 Å². The lowest BCUT2D eigenvalue weighted by Gasteiger charge is -2.13. The molecule has 2 aromatic carbocycles. The minimum atomic E-state index is -0.352. The first-order valence-electron chi connectivity index (χ1n) is 7.10. The van der Waals surface area contributed by atoms with Gasteiger partial charge in [0.05, 0.1) is 18.6 Å². The Bertz CT molecular complexity index is 633. The third-order valence-electron chi connectivity index (χ3n) is 3.42. The average molecular weight is 283 g/mol. The molecule has 0 amide bonds. The molecule has 0 aromatic heterocycles. The van der Waals surface area contributed by atoms with Crippen LogP contribution >= 0.6 is 0 Å². The Balaban J connectivity index is 1.97. The third-order valence-corrected chi connectivity index (χ3v) is 3.42. The molecular weight excluding hydrogens is 265 g/mol. The summed E-state index contributed by atoms with van der Waals surface area (Å²) in [5.41, 5.74) is 1.85. The monoisotopic (exact) mass is 283 g/mol. The fourth-order valence-corrected chi connectivity index (χ4v) is 2.25. The van der Waals surface area contributed by atoms with Crippen LogP contribution in [0.15, 0.2) is 48.5 Å². The second-order valence-electron chi connectivity index (χ2n) is 4.84. The Morgan fingerprint density at radius 1 is 1.19 bits per heavy atom. The van der Waals surface area contributed by atoms with Crippen molar-refractivity contribution in [1.82, 2.24) is 0 Å². The van der Waals surface area contributed by atoms with Crippen LogP contribution in [0.25, 0.3) is 0 Å². The largest absolute Gasteiger partial charge is 0.493 e. The number of rotatable bonds is 6. The molecule has 3 heteroatoms. The van der Waals surface area contributed by atoms with Crippen LogP contribution in [-0.4, -0.2) is 6.61 Å². The summed E-state index contributed by atoms with van der Waals surface area (Å²) in [6.45, 7) is 2.51. The van der Waals surface area contributed by atoms with Gasteiger partial charge in [0.2, 0.25) is 0 Å².